The van der Waals surface area contributed by atoms with Gasteiger partial charge in [0.15, 0.2) is 9.84 Å². The fraction of sp³-hybridized carbons (Fsp3) is 0.417. The molecule has 0 aliphatic carbocycles. The number of sulfone groups is 1. The molecule has 1 aromatic carbocycles. The predicted molar refractivity (Wildman–Crippen MR) is 76.1 cm³/mol. The van der Waals surface area contributed by atoms with Crippen LogP contribution in [0, 0.1) is 0 Å². The third-order valence-electron chi connectivity index (χ3n) is 3.63. The van der Waals surface area contributed by atoms with E-state index in [9.17, 15) is 21.6 Å². The van der Waals surface area contributed by atoms with Crippen molar-refractivity contribution in [3.63, 3.8) is 0 Å². The number of carbonyl (C=O) groups is 1. The van der Waals surface area contributed by atoms with Crippen molar-refractivity contribution < 1.29 is 26.7 Å². The molecule has 0 atom stereocenters. The van der Waals surface area contributed by atoms with Gasteiger partial charge in [0.25, 0.3) is 9.05 Å². The van der Waals surface area contributed by atoms with Gasteiger partial charge >= 0.3 is 5.97 Å². The number of benzene rings is 1. The van der Waals surface area contributed by atoms with E-state index in [4.69, 9.17) is 15.8 Å². The second kappa shape index (κ2) is 4.69. The van der Waals surface area contributed by atoms with Gasteiger partial charge in [-0.2, -0.15) is 0 Å². The average Bonchev–Trinajstić information content (AvgIpc) is 2.32. The summed E-state index contributed by atoms with van der Waals surface area (Å²) in [6.07, 6.45) is 0.328. The molecule has 0 unspecified atom stereocenters. The van der Waals surface area contributed by atoms with Crippen molar-refractivity contribution in [3.8, 4) is 0 Å². The molecule has 0 saturated carbocycles. The first-order valence-electron chi connectivity index (χ1n) is 5.95. The SMILES string of the molecule is CC1(C)CCS(=O)(=O)c2cc(S(=O)(=O)Cl)c(C(=O)O)cc21. The highest BCUT2D eigenvalue weighted by atomic mass is 35.7. The lowest BCUT2D eigenvalue weighted by atomic mass is 9.81. The van der Waals surface area contributed by atoms with E-state index in [0.717, 1.165) is 12.1 Å². The fourth-order valence-electron chi connectivity index (χ4n) is 2.35. The first-order valence-corrected chi connectivity index (χ1v) is 9.92. The Morgan fingerprint density at radius 1 is 1.33 bits per heavy atom. The lowest BCUT2D eigenvalue weighted by Gasteiger charge is -2.32. The standard InChI is InChI=1S/C12H13ClO6S2/c1-12(2)3-4-20(16,17)10-6-9(21(13,18)19)7(11(14)15)5-8(10)12/h5-6H,3-4H2,1-2H3,(H,14,15). The third-order valence-corrected chi connectivity index (χ3v) is 6.75. The van der Waals surface area contributed by atoms with Gasteiger partial charge in [-0.15, -0.1) is 0 Å². The monoisotopic (exact) mass is 352 g/mol. The summed E-state index contributed by atoms with van der Waals surface area (Å²) in [5.41, 5.74) is -0.788. The Bertz CT molecular complexity index is 837. The number of fused-ring (bicyclic) bond motifs is 1. The minimum atomic E-state index is -4.37. The maximum atomic E-state index is 12.1. The Kier molecular flexibility index (Phi) is 3.63. The lowest BCUT2D eigenvalue weighted by molar-refractivity contribution is 0.0692. The Balaban J connectivity index is 2.96. The Hall–Kier alpha value is -1.12. The van der Waals surface area contributed by atoms with E-state index in [1.165, 1.54) is 0 Å². The molecule has 116 valence electrons. The molecular formula is C12H13ClO6S2. The number of hydrogen-bond acceptors (Lipinski definition) is 5. The van der Waals surface area contributed by atoms with Crippen LogP contribution in [0.1, 0.15) is 36.2 Å². The number of aromatic carboxylic acids is 1. The van der Waals surface area contributed by atoms with Crippen molar-refractivity contribution in [2.75, 3.05) is 5.75 Å². The van der Waals surface area contributed by atoms with Crippen molar-refractivity contribution in [2.45, 2.75) is 35.5 Å². The normalized spacial score (nSPS) is 19.8. The number of carboxylic acid groups (broad SMARTS) is 1. The van der Waals surface area contributed by atoms with Gasteiger partial charge in [0.05, 0.1) is 21.1 Å². The molecule has 0 aromatic heterocycles. The first-order chi connectivity index (χ1) is 9.36. The molecule has 2 rings (SSSR count). The molecule has 0 radical (unpaired) electrons. The lowest BCUT2D eigenvalue weighted by Crippen LogP contribution is -2.31. The predicted octanol–water partition coefficient (Wildman–Crippen LogP) is 1.77. The third kappa shape index (κ3) is 2.79. The van der Waals surface area contributed by atoms with Gasteiger partial charge in [-0.25, -0.2) is 21.6 Å². The maximum absolute atomic E-state index is 12.1. The summed E-state index contributed by atoms with van der Waals surface area (Å²) in [6, 6.07) is 1.96. The summed E-state index contributed by atoms with van der Waals surface area (Å²) in [5.74, 6) is -1.60. The highest BCUT2D eigenvalue weighted by molar-refractivity contribution is 8.13. The molecule has 0 saturated heterocycles. The Morgan fingerprint density at radius 3 is 2.38 bits per heavy atom. The van der Waals surface area contributed by atoms with Crippen LogP contribution in [0.2, 0.25) is 0 Å². The molecule has 9 heteroatoms. The van der Waals surface area contributed by atoms with Gasteiger partial charge in [-0.05, 0) is 29.5 Å². The van der Waals surface area contributed by atoms with Crippen LogP contribution >= 0.6 is 10.7 Å². The van der Waals surface area contributed by atoms with Crippen LogP contribution in [0.4, 0.5) is 0 Å². The Morgan fingerprint density at radius 2 is 1.90 bits per heavy atom. The van der Waals surface area contributed by atoms with Crippen LogP contribution in [0.25, 0.3) is 0 Å². The van der Waals surface area contributed by atoms with Crippen LogP contribution in [0.15, 0.2) is 21.9 Å². The summed E-state index contributed by atoms with van der Waals surface area (Å²) in [5, 5.41) is 9.16. The molecule has 1 aliphatic rings. The zero-order valence-corrected chi connectivity index (χ0v) is 13.6. The van der Waals surface area contributed by atoms with Crippen LogP contribution in [-0.4, -0.2) is 33.7 Å². The zero-order valence-electron chi connectivity index (χ0n) is 11.3. The van der Waals surface area contributed by atoms with Crippen molar-refractivity contribution in [2.24, 2.45) is 0 Å². The largest absolute Gasteiger partial charge is 0.478 e. The highest BCUT2D eigenvalue weighted by Gasteiger charge is 2.38. The maximum Gasteiger partial charge on any atom is 0.337 e. The van der Waals surface area contributed by atoms with Crippen LogP contribution in [-0.2, 0) is 24.3 Å². The molecule has 6 nitrogen and oxygen atoms in total. The van der Waals surface area contributed by atoms with Gasteiger partial charge in [0, 0.05) is 10.7 Å². The fourth-order valence-corrected chi connectivity index (χ4v) is 5.44. The van der Waals surface area contributed by atoms with Gasteiger partial charge in [-0.3, -0.25) is 0 Å². The van der Waals surface area contributed by atoms with Crippen LogP contribution in [0.5, 0.6) is 0 Å². The van der Waals surface area contributed by atoms with Crippen molar-refractivity contribution in [1.82, 2.24) is 0 Å². The van der Waals surface area contributed by atoms with Crippen LogP contribution in [0.3, 0.4) is 0 Å². The van der Waals surface area contributed by atoms with E-state index in [0.29, 0.717) is 12.0 Å². The molecule has 1 aliphatic heterocycles. The summed E-state index contributed by atoms with van der Waals surface area (Å²) in [6.45, 7) is 3.56. The second-order valence-electron chi connectivity index (χ2n) is 5.54. The summed E-state index contributed by atoms with van der Waals surface area (Å²) < 4.78 is 47.3. The summed E-state index contributed by atoms with van der Waals surface area (Å²) in [7, 11) is -2.80. The molecule has 0 bridgehead atoms. The number of carboxylic acids is 1. The summed E-state index contributed by atoms with van der Waals surface area (Å²) >= 11 is 0. The molecule has 21 heavy (non-hydrogen) atoms. The van der Waals surface area contributed by atoms with E-state index >= 15 is 0 Å². The van der Waals surface area contributed by atoms with E-state index in [1.54, 1.807) is 13.8 Å². The molecule has 0 amide bonds. The molecular weight excluding hydrogens is 340 g/mol. The van der Waals surface area contributed by atoms with E-state index < -0.39 is 40.7 Å². The van der Waals surface area contributed by atoms with Gasteiger partial charge < -0.3 is 5.11 Å². The molecule has 0 spiro atoms. The van der Waals surface area contributed by atoms with Gasteiger partial charge in [0.2, 0.25) is 0 Å². The van der Waals surface area contributed by atoms with Gasteiger partial charge in [-0.1, -0.05) is 13.8 Å². The smallest absolute Gasteiger partial charge is 0.337 e. The minimum Gasteiger partial charge on any atom is -0.478 e. The quantitative estimate of drug-likeness (QED) is 0.813. The first kappa shape index (κ1) is 16.3. The molecule has 1 aromatic rings. The zero-order chi connectivity index (χ0) is 16.2. The number of halogens is 1. The van der Waals surface area contributed by atoms with Crippen LogP contribution < -0.4 is 0 Å². The van der Waals surface area contributed by atoms with Gasteiger partial charge in [0.1, 0.15) is 0 Å². The average molecular weight is 353 g/mol. The second-order valence-corrected chi connectivity index (χ2v) is 10.2. The number of hydrogen-bond donors (Lipinski definition) is 1. The topological polar surface area (TPSA) is 106 Å². The molecule has 1 heterocycles. The minimum absolute atomic E-state index is 0.124. The van der Waals surface area contributed by atoms with Crippen molar-refractivity contribution in [3.05, 3.63) is 23.3 Å². The van der Waals surface area contributed by atoms with E-state index in [2.05, 4.69) is 0 Å². The van der Waals surface area contributed by atoms with Crippen molar-refractivity contribution in [1.29, 1.82) is 0 Å². The number of rotatable bonds is 2. The Labute approximate surface area is 127 Å². The van der Waals surface area contributed by atoms with E-state index in [-0.39, 0.29) is 10.6 Å². The van der Waals surface area contributed by atoms with E-state index in [1.807, 2.05) is 0 Å². The molecule has 1 N–H and O–H groups in total. The van der Waals surface area contributed by atoms with Crippen molar-refractivity contribution >= 4 is 35.5 Å². The molecule has 0 fully saturated rings. The highest BCUT2D eigenvalue weighted by Crippen LogP contribution is 2.40. The summed E-state index contributed by atoms with van der Waals surface area (Å²) in [4.78, 5) is 10.4.